The number of amidine groups is 1. The third-order valence-corrected chi connectivity index (χ3v) is 22.1. The second kappa shape index (κ2) is 53.3. The molecule has 708 valence electrons. The number of benzene rings is 7. The first-order chi connectivity index (χ1) is 66.0. The standard InChI is InChI=1S/C31H22N8.C31H28N6.C26H26N6.C24H24N4.4Pt/c1-35-28(34)19-21-37-30-17-9-15-27(39-30)31(23-10-4-2-5-11-23,24-12-6-3-7-13-24)26-14-8-16-29(38-26)36-20-18-25(33)22-32;1-31(2,27-15-9-17-29(36-27)34-21-19-25(32)23-11-5-3-6-12-23)28-16-10-18-30(37-28)35-22-20-26(33)24-13-7-4-8-14-24;1-19(27)15-17-29-24-13-7-11-22(31-24)26(3,21-9-5-4-6-10-21)23-12-8-14-25(32-23)30-18-16-20(2)28;1-24(2)22-8-4-7-21(14-22)16-27-12-11-26(18-27)15-19-5-3-6-20(13-19)17-28-10-9-23(24)25-28;;;;/h2-19,33-34H,(H,36,38)(H,37,39);3-20,32-33H,1-2H3,(H,34,36)(H,35,37);4-16,27-28H,1-3H3,(H,29,31)(H,30,32);3-12,18,23H,15-17H2,1-2H3;;;;/q3*-2;-4;3*+2;+4. The fourth-order valence-corrected chi connectivity index (χ4v) is 14.9. The molecule has 12 N–H and O–H groups in total. The van der Waals surface area contributed by atoms with E-state index in [1.54, 1.807) is 56.4 Å². The van der Waals surface area contributed by atoms with Crippen molar-refractivity contribution in [2.24, 2.45) is 0 Å². The predicted molar refractivity (Wildman–Crippen MR) is 541 cm³/mol. The number of fused-ring (bicyclic) bond motifs is 8. The van der Waals surface area contributed by atoms with Crippen LogP contribution in [0.3, 0.4) is 0 Å². The Hall–Kier alpha value is -14.7. The number of rotatable bonds is 29. The van der Waals surface area contributed by atoms with Gasteiger partial charge in [0.15, 0.2) is 0 Å². The van der Waals surface area contributed by atoms with E-state index < -0.39 is 16.2 Å². The van der Waals surface area contributed by atoms with Crippen LogP contribution in [0.5, 0.6) is 0 Å². The molecule has 9 heterocycles. The number of hydrogen-bond acceptors (Lipinski definition) is 22. The maximum atomic E-state index is 8.85. The number of nitriles is 1. The SMILES string of the molecule is CC(=N)C=[C-]Nc1cccc(C(C)(c2ccccc2)c2cccc(N[C-]=CC(C)=N)n2)n1.CC(C)(c1cccc(N[C-]=CC(=N)c2ccccc2)n1)c1cccc(N[C-]=CC(=N)c2ccccc2)n1.CC1(C)c2[c-]c(ccc2)CN2C=CN([CH-]2)Cc2[c-]c(ccc2)CN2C=CC1[N-]2.[C-]#[N+]C(=N)C=[C-]Nc1cccc(C(c2ccccc2)(c2ccccc2)c2cccc(N[C-]=CC(=N)C#N)n2)n1.[Pt+2].[Pt+2].[Pt+2].[Pt+4]. The van der Waals surface area contributed by atoms with Crippen molar-refractivity contribution >= 4 is 69.3 Å². The maximum Gasteiger partial charge on any atom is 4.00 e. The molecule has 0 saturated carbocycles. The van der Waals surface area contributed by atoms with Gasteiger partial charge in [-0.2, -0.15) is 60.8 Å². The van der Waals surface area contributed by atoms with Crippen molar-refractivity contribution in [2.75, 3.05) is 31.9 Å². The van der Waals surface area contributed by atoms with Gasteiger partial charge in [0.1, 0.15) is 5.41 Å². The van der Waals surface area contributed by atoms with Gasteiger partial charge in [-0.15, -0.1) is 83.5 Å². The quantitative estimate of drug-likeness (QED) is 0.00897. The van der Waals surface area contributed by atoms with Crippen molar-refractivity contribution < 1.29 is 84.3 Å². The van der Waals surface area contributed by atoms with E-state index in [1.807, 2.05) is 242 Å². The van der Waals surface area contributed by atoms with Gasteiger partial charge in [-0.1, -0.05) is 306 Å². The molecule has 7 aromatic carbocycles. The molecule has 1 unspecified atom stereocenters. The molecule has 0 aliphatic carbocycles. The Morgan fingerprint density at radius 2 is 0.764 bits per heavy atom. The van der Waals surface area contributed by atoms with E-state index in [1.165, 1.54) is 28.8 Å². The van der Waals surface area contributed by atoms with Gasteiger partial charge >= 0.3 is 84.3 Å². The van der Waals surface area contributed by atoms with Crippen LogP contribution >= 0.6 is 0 Å². The minimum Gasteiger partial charge on any atom is -0.562 e. The third-order valence-electron chi connectivity index (χ3n) is 22.1. The predicted octanol–water partition coefficient (Wildman–Crippen LogP) is 22.0. The summed E-state index contributed by atoms with van der Waals surface area (Å²) < 4.78 is 0. The molecule has 3 aliphatic heterocycles. The smallest absolute Gasteiger partial charge is 0.562 e. The number of nitrogens with one attached hydrogen (secondary N) is 12. The fraction of sp³-hybridized carbons (Fsp3) is 0.134. The van der Waals surface area contributed by atoms with Gasteiger partial charge in [-0.3, -0.25) is 29.9 Å². The van der Waals surface area contributed by atoms with Gasteiger partial charge < -0.3 is 84.0 Å². The Balaban J connectivity index is 0.000000208. The molecule has 8 bridgehead atoms. The van der Waals surface area contributed by atoms with E-state index in [0.29, 0.717) is 69.1 Å². The van der Waals surface area contributed by atoms with E-state index in [2.05, 4.69) is 210 Å². The first-order valence-corrected chi connectivity index (χ1v) is 43.6. The van der Waals surface area contributed by atoms with Gasteiger partial charge in [0, 0.05) is 86.7 Å². The summed E-state index contributed by atoms with van der Waals surface area (Å²) in [6.07, 6.45) is 34.5. The van der Waals surface area contributed by atoms with Crippen molar-refractivity contribution in [3.8, 4) is 6.07 Å². The molecule has 13 aromatic rings. The van der Waals surface area contributed by atoms with E-state index in [9.17, 15) is 0 Å². The van der Waals surface area contributed by atoms with Crippen LogP contribution < -0.4 is 31.9 Å². The van der Waals surface area contributed by atoms with Crippen LogP contribution in [0.15, 0.2) is 358 Å². The molecule has 0 saturated heterocycles. The summed E-state index contributed by atoms with van der Waals surface area (Å²) in [6, 6.07) is 105. The molecule has 140 heavy (non-hydrogen) atoms. The third kappa shape index (κ3) is 29.7. The Morgan fingerprint density at radius 1 is 0.429 bits per heavy atom. The summed E-state index contributed by atoms with van der Waals surface area (Å²) in [7, 11) is 0. The fourth-order valence-electron chi connectivity index (χ4n) is 14.9. The minimum absolute atomic E-state index is 0. The van der Waals surface area contributed by atoms with Gasteiger partial charge in [0.25, 0.3) is 5.84 Å². The topological polar surface area (TPSA) is 345 Å². The van der Waals surface area contributed by atoms with Crippen LogP contribution in [0.2, 0.25) is 0 Å². The number of anilines is 6. The van der Waals surface area contributed by atoms with Gasteiger partial charge in [-0.05, 0) is 122 Å². The van der Waals surface area contributed by atoms with Crippen LogP contribution in [0.25, 0.3) is 10.3 Å². The van der Waals surface area contributed by atoms with E-state index in [0.717, 1.165) is 75.8 Å². The number of aromatic nitrogens is 6. The summed E-state index contributed by atoms with van der Waals surface area (Å²) >= 11 is 0. The molecule has 1 atom stereocenters. The normalized spacial score (nSPS) is 13.7. The molecule has 0 spiro atoms. The van der Waals surface area contributed by atoms with E-state index in [-0.39, 0.29) is 107 Å². The number of allylic oxidation sites excluding steroid dienone is 5. The summed E-state index contributed by atoms with van der Waals surface area (Å²) in [5, 5.41) is 75.2. The largest absolute Gasteiger partial charge is 4.00 e. The maximum absolute atomic E-state index is 8.85. The van der Waals surface area contributed by atoms with Gasteiger partial charge in [0.05, 0.1) is 11.5 Å². The van der Waals surface area contributed by atoms with Crippen molar-refractivity contribution in [3.63, 3.8) is 0 Å². The van der Waals surface area contributed by atoms with Crippen LogP contribution in [0, 0.1) is 106 Å². The summed E-state index contributed by atoms with van der Waals surface area (Å²) in [6.45, 7) is 25.6. The zero-order valence-corrected chi connectivity index (χ0v) is 86.6. The average Bonchev–Trinajstić information content (AvgIpc) is 0.803. The zero-order chi connectivity index (χ0) is 95.7. The first kappa shape index (κ1) is 109. The number of nitrogens with zero attached hydrogens (tertiary/aromatic N) is 12. The minimum atomic E-state index is -0.937. The number of hydrogen-bond donors (Lipinski definition) is 12. The number of pyridine rings is 6. The van der Waals surface area contributed by atoms with Crippen LogP contribution in [-0.4, -0.2) is 85.1 Å². The molecular formula is C112H100N24Pt4. The average molecular weight is 2560 g/mol. The van der Waals surface area contributed by atoms with Gasteiger partial charge in [-0.25, -0.2) is 5.26 Å². The van der Waals surface area contributed by atoms with Crippen LogP contribution in [0.4, 0.5) is 34.9 Å². The molecule has 3 aliphatic rings. The Bertz CT molecular complexity index is 6430. The molecule has 6 aromatic heterocycles. The summed E-state index contributed by atoms with van der Waals surface area (Å²) in [5.74, 6) is 3.25. The summed E-state index contributed by atoms with van der Waals surface area (Å²) in [5.41, 5.74) is 18.1. The molecule has 0 radical (unpaired) electrons. The second-order valence-electron chi connectivity index (χ2n) is 32.7. The van der Waals surface area contributed by atoms with Crippen molar-refractivity contribution in [3.05, 3.63) is 515 Å². The molecule has 28 heteroatoms. The molecule has 0 amide bonds. The molecule has 24 nitrogen and oxygen atoms in total. The van der Waals surface area contributed by atoms with E-state index >= 15 is 0 Å². The van der Waals surface area contributed by atoms with Crippen molar-refractivity contribution in [1.82, 2.24) is 44.7 Å². The first-order valence-electron chi connectivity index (χ1n) is 43.6. The zero-order valence-electron chi connectivity index (χ0n) is 77.5. The van der Waals surface area contributed by atoms with Crippen LogP contribution in [0.1, 0.15) is 133 Å². The molecule has 16 rings (SSSR count). The van der Waals surface area contributed by atoms with Gasteiger partial charge in [0.2, 0.25) is 0 Å². The van der Waals surface area contributed by atoms with Crippen molar-refractivity contribution in [1.29, 1.82) is 37.7 Å². The van der Waals surface area contributed by atoms with E-state index in [4.69, 9.17) is 79.6 Å². The Morgan fingerprint density at radius 3 is 1.17 bits per heavy atom. The summed E-state index contributed by atoms with van der Waals surface area (Å²) in [4.78, 5) is 36.5. The molecule has 0 fully saturated rings. The second-order valence-corrected chi connectivity index (χ2v) is 32.7. The Labute approximate surface area is 877 Å². The monoisotopic (exact) mass is 2560 g/mol. The van der Waals surface area contributed by atoms with Crippen molar-refractivity contribution in [2.45, 2.75) is 95.8 Å². The Kier molecular flexibility index (Phi) is 41.5. The van der Waals surface area contributed by atoms with Crippen LogP contribution in [-0.2, 0) is 126 Å². The molecular weight excluding hydrogens is 2460 g/mol.